The smallest absolute Gasteiger partial charge is 0.339 e. The summed E-state index contributed by atoms with van der Waals surface area (Å²) >= 11 is 0. The molecule has 0 aliphatic heterocycles. The van der Waals surface area contributed by atoms with Crippen LogP contribution in [0, 0.1) is 0 Å². The van der Waals surface area contributed by atoms with E-state index in [1.165, 1.54) is 0 Å². The van der Waals surface area contributed by atoms with Gasteiger partial charge in [-0.1, -0.05) is 78.9 Å². The van der Waals surface area contributed by atoms with Crippen LogP contribution in [-0.2, 0) is 9.53 Å². The van der Waals surface area contributed by atoms with E-state index in [0.29, 0.717) is 5.56 Å². The summed E-state index contributed by atoms with van der Waals surface area (Å²) in [5.41, 5.74) is 3.13. The Bertz CT molecular complexity index is 907. The Kier molecular flexibility index (Phi) is 6.00. The van der Waals surface area contributed by atoms with Gasteiger partial charge in [-0.3, -0.25) is 4.79 Å². The molecule has 0 radical (unpaired) electrons. The summed E-state index contributed by atoms with van der Waals surface area (Å²) in [6.07, 6.45) is 0. The van der Waals surface area contributed by atoms with Crippen molar-refractivity contribution in [3.63, 3.8) is 0 Å². The molecule has 3 aromatic carbocycles. The number of carbonyl (C=O) groups is 2. The number of hydrogen-bond acceptors (Lipinski definition) is 3. The number of nitrogens with one attached hydrogen (secondary N) is 1. The van der Waals surface area contributed by atoms with E-state index in [2.05, 4.69) is 5.32 Å². The molecule has 0 saturated heterocycles. The predicted molar refractivity (Wildman–Crippen MR) is 105 cm³/mol. The highest BCUT2D eigenvalue weighted by Crippen LogP contribution is 2.24. The first-order chi connectivity index (χ1) is 13.1. The molecule has 3 rings (SSSR count). The SMILES string of the molecule is C[C@@H](NC(=O)COC(=O)c1ccccc1-c1ccccc1)c1ccccc1. The van der Waals surface area contributed by atoms with Crippen LogP contribution in [0.15, 0.2) is 84.9 Å². The fraction of sp³-hybridized carbons (Fsp3) is 0.130. The molecule has 0 aromatic heterocycles. The summed E-state index contributed by atoms with van der Waals surface area (Å²) < 4.78 is 5.24. The molecule has 136 valence electrons. The number of carbonyl (C=O) groups excluding carboxylic acids is 2. The highest BCUT2D eigenvalue weighted by molar-refractivity contribution is 5.98. The maximum atomic E-state index is 12.5. The van der Waals surface area contributed by atoms with Gasteiger partial charge < -0.3 is 10.1 Å². The average molecular weight is 359 g/mol. The first-order valence-corrected chi connectivity index (χ1v) is 8.81. The van der Waals surface area contributed by atoms with E-state index < -0.39 is 5.97 Å². The van der Waals surface area contributed by atoms with Crippen molar-refractivity contribution < 1.29 is 14.3 Å². The van der Waals surface area contributed by atoms with Crippen LogP contribution in [0.4, 0.5) is 0 Å². The van der Waals surface area contributed by atoms with Gasteiger partial charge in [0, 0.05) is 0 Å². The maximum absolute atomic E-state index is 12.5. The number of esters is 1. The van der Waals surface area contributed by atoms with Crippen LogP contribution < -0.4 is 5.32 Å². The molecule has 0 aliphatic carbocycles. The van der Waals surface area contributed by atoms with E-state index in [1.807, 2.05) is 79.7 Å². The average Bonchev–Trinajstić information content (AvgIpc) is 2.73. The second-order valence-electron chi connectivity index (χ2n) is 6.19. The fourth-order valence-corrected chi connectivity index (χ4v) is 2.85. The van der Waals surface area contributed by atoms with E-state index in [-0.39, 0.29) is 18.6 Å². The lowest BCUT2D eigenvalue weighted by atomic mass is 10.00. The monoisotopic (exact) mass is 359 g/mol. The zero-order valence-corrected chi connectivity index (χ0v) is 15.1. The van der Waals surface area contributed by atoms with Crippen LogP contribution in [0.25, 0.3) is 11.1 Å². The Morgan fingerprint density at radius 3 is 2.15 bits per heavy atom. The number of rotatable bonds is 6. The summed E-state index contributed by atoms with van der Waals surface area (Å²) in [5.74, 6) is -0.853. The van der Waals surface area contributed by atoms with E-state index in [0.717, 1.165) is 16.7 Å². The van der Waals surface area contributed by atoms with E-state index in [4.69, 9.17) is 4.74 Å². The molecule has 0 saturated carbocycles. The number of hydrogen-bond donors (Lipinski definition) is 1. The van der Waals surface area contributed by atoms with Crippen LogP contribution >= 0.6 is 0 Å². The third-order valence-corrected chi connectivity index (χ3v) is 4.24. The second-order valence-corrected chi connectivity index (χ2v) is 6.19. The number of amides is 1. The van der Waals surface area contributed by atoms with Gasteiger partial charge in [-0.15, -0.1) is 0 Å². The lowest BCUT2D eigenvalue weighted by Crippen LogP contribution is -2.31. The van der Waals surface area contributed by atoms with Gasteiger partial charge in [0.25, 0.3) is 5.91 Å². The lowest BCUT2D eigenvalue weighted by molar-refractivity contribution is -0.124. The lowest BCUT2D eigenvalue weighted by Gasteiger charge is -2.14. The molecule has 0 heterocycles. The molecule has 3 aromatic rings. The normalized spacial score (nSPS) is 11.4. The largest absolute Gasteiger partial charge is 0.452 e. The molecule has 4 heteroatoms. The van der Waals surface area contributed by atoms with Gasteiger partial charge in [0.05, 0.1) is 11.6 Å². The molecule has 1 amide bonds. The Morgan fingerprint density at radius 2 is 1.44 bits per heavy atom. The summed E-state index contributed by atoms with van der Waals surface area (Å²) in [5, 5.41) is 2.83. The van der Waals surface area contributed by atoms with Gasteiger partial charge in [-0.2, -0.15) is 0 Å². The molecule has 1 atom stereocenters. The molecule has 0 unspecified atom stereocenters. The Labute approximate surface area is 158 Å². The zero-order valence-electron chi connectivity index (χ0n) is 15.1. The van der Waals surface area contributed by atoms with Crippen molar-refractivity contribution in [2.75, 3.05) is 6.61 Å². The van der Waals surface area contributed by atoms with Gasteiger partial charge in [0.1, 0.15) is 0 Å². The maximum Gasteiger partial charge on any atom is 0.339 e. The van der Waals surface area contributed by atoms with Crippen molar-refractivity contribution in [2.24, 2.45) is 0 Å². The summed E-state index contributed by atoms with van der Waals surface area (Å²) in [7, 11) is 0. The predicted octanol–water partition coefficient (Wildman–Crippen LogP) is 4.39. The standard InChI is InChI=1S/C23H21NO3/c1-17(18-10-4-2-5-11-18)24-22(25)16-27-23(26)21-15-9-8-14-20(21)19-12-6-3-7-13-19/h2-15,17H,16H2,1H3,(H,24,25)/t17-/m1/s1. The minimum Gasteiger partial charge on any atom is -0.452 e. The van der Waals surface area contributed by atoms with Gasteiger partial charge in [-0.05, 0) is 29.7 Å². The van der Waals surface area contributed by atoms with Crippen LogP contribution in [0.2, 0.25) is 0 Å². The topological polar surface area (TPSA) is 55.4 Å². The van der Waals surface area contributed by atoms with Crippen LogP contribution in [-0.4, -0.2) is 18.5 Å². The fourth-order valence-electron chi connectivity index (χ4n) is 2.85. The third-order valence-electron chi connectivity index (χ3n) is 4.24. The number of ether oxygens (including phenoxy) is 1. The van der Waals surface area contributed by atoms with Crippen molar-refractivity contribution in [1.29, 1.82) is 0 Å². The summed E-state index contributed by atoms with van der Waals surface area (Å²) in [6.45, 7) is 1.57. The first kappa shape index (κ1) is 18.4. The van der Waals surface area contributed by atoms with Crippen molar-refractivity contribution in [3.05, 3.63) is 96.1 Å². The van der Waals surface area contributed by atoms with Crippen LogP contribution in [0.5, 0.6) is 0 Å². The quantitative estimate of drug-likeness (QED) is 0.664. The van der Waals surface area contributed by atoms with Gasteiger partial charge in [-0.25, -0.2) is 4.79 Å². The highest BCUT2D eigenvalue weighted by atomic mass is 16.5. The molecule has 0 fully saturated rings. The van der Waals surface area contributed by atoms with Gasteiger partial charge in [0.2, 0.25) is 0 Å². The summed E-state index contributed by atoms with van der Waals surface area (Å²) in [6, 6.07) is 26.3. The van der Waals surface area contributed by atoms with Crippen LogP contribution in [0.3, 0.4) is 0 Å². The molecular formula is C23H21NO3. The van der Waals surface area contributed by atoms with Crippen molar-refractivity contribution in [2.45, 2.75) is 13.0 Å². The van der Waals surface area contributed by atoms with E-state index in [1.54, 1.807) is 12.1 Å². The highest BCUT2D eigenvalue weighted by Gasteiger charge is 2.16. The molecular weight excluding hydrogens is 338 g/mol. The Morgan fingerprint density at radius 1 is 0.852 bits per heavy atom. The zero-order chi connectivity index (χ0) is 19.1. The van der Waals surface area contributed by atoms with Crippen molar-refractivity contribution in [3.8, 4) is 11.1 Å². The second kappa shape index (κ2) is 8.81. The Hall–Kier alpha value is -3.40. The van der Waals surface area contributed by atoms with Crippen molar-refractivity contribution >= 4 is 11.9 Å². The molecule has 0 aliphatic rings. The first-order valence-electron chi connectivity index (χ1n) is 8.81. The van der Waals surface area contributed by atoms with Crippen LogP contribution in [0.1, 0.15) is 28.9 Å². The third kappa shape index (κ3) is 4.82. The number of benzene rings is 3. The van der Waals surface area contributed by atoms with Crippen molar-refractivity contribution in [1.82, 2.24) is 5.32 Å². The van der Waals surface area contributed by atoms with Gasteiger partial charge in [0.15, 0.2) is 6.61 Å². The van der Waals surface area contributed by atoms with E-state index >= 15 is 0 Å². The molecule has 1 N–H and O–H groups in total. The molecule has 27 heavy (non-hydrogen) atoms. The van der Waals surface area contributed by atoms with Gasteiger partial charge >= 0.3 is 5.97 Å². The molecule has 0 spiro atoms. The molecule has 4 nitrogen and oxygen atoms in total. The Balaban J connectivity index is 1.62. The van der Waals surface area contributed by atoms with E-state index in [9.17, 15) is 9.59 Å². The molecule has 0 bridgehead atoms. The minimum atomic E-state index is -0.517. The summed E-state index contributed by atoms with van der Waals surface area (Å²) in [4.78, 5) is 24.6. The minimum absolute atomic E-state index is 0.158.